The molecule has 1 heterocycles. The second-order valence-corrected chi connectivity index (χ2v) is 12.0. The fourth-order valence-electron chi connectivity index (χ4n) is 7.59. The highest BCUT2D eigenvalue weighted by Gasteiger charge is 2.22. The van der Waals surface area contributed by atoms with E-state index in [9.17, 15) is 0 Å². The third kappa shape index (κ3) is 3.84. The summed E-state index contributed by atoms with van der Waals surface area (Å²) in [6.07, 6.45) is 0. The Morgan fingerprint density at radius 2 is 0.936 bits per heavy atom. The van der Waals surface area contributed by atoms with Crippen molar-refractivity contribution >= 4 is 65.0 Å². The molecule has 218 valence electrons. The van der Waals surface area contributed by atoms with Crippen LogP contribution in [0.2, 0.25) is 0 Å². The van der Waals surface area contributed by atoms with Gasteiger partial charge in [-0.15, -0.1) is 0 Å². The van der Waals surface area contributed by atoms with Gasteiger partial charge in [0.05, 0.1) is 6.85 Å². The molecule has 10 aromatic rings. The number of fused-ring (bicyclic) bond motifs is 8. The zero-order chi connectivity index (χ0) is 35.2. The van der Waals surface area contributed by atoms with Gasteiger partial charge in [-0.3, -0.25) is 0 Å². The van der Waals surface area contributed by atoms with Crippen LogP contribution in [0.15, 0.2) is 174 Å². The van der Waals surface area contributed by atoms with Crippen molar-refractivity contribution in [1.82, 2.24) is 0 Å². The zero-order valence-corrected chi connectivity index (χ0v) is 25.2. The van der Waals surface area contributed by atoms with Crippen LogP contribution in [0.4, 0.5) is 0 Å². The summed E-state index contributed by atoms with van der Waals surface area (Å²) in [6.45, 7) is 0. The van der Waals surface area contributed by atoms with Crippen LogP contribution in [0, 0.1) is 0 Å². The molecule has 0 aliphatic rings. The van der Waals surface area contributed by atoms with E-state index in [1.807, 2.05) is 30.3 Å². The molecule has 0 N–H and O–H groups in total. The summed E-state index contributed by atoms with van der Waals surface area (Å²) >= 11 is 0. The van der Waals surface area contributed by atoms with Crippen LogP contribution in [0.5, 0.6) is 0 Å². The van der Waals surface area contributed by atoms with Crippen LogP contribution < -0.4 is 0 Å². The maximum atomic E-state index is 8.74. The van der Waals surface area contributed by atoms with E-state index < -0.39 is 6.04 Å². The smallest absolute Gasteiger partial charge is 0.143 e. The normalized spacial score (nSPS) is 13.3. The monoisotopic (exact) mass is 601 g/mol. The maximum Gasteiger partial charge on any atom is 0.143 e. The van der Waals surface area contributed by atoms with Gasteiger partial charge in [0.2, 0.25) is 0 Å². The lowest BCUT2D eigenvalue weighted by molar-refractivity contribution is 0.673. The fraction of sp³-hybridized carbons (Fsp3) is 0. The largest absolute Gasteiger partial charge is 0.455 e. The second kappa shape index (κ2) is 10.2. The Balaban J connectivity index is 1.30. The van der Waals surface area contributed by atoms with Gasteiger partial charge in [0.1, 0.15) is 11.2 Å². The molecule has 0 saturated carbocycles. The third-order valence-corrected chi connectivity index (χ3v) is 9.55. The molecule has 0 aliphatic heterocycles. The Labute approximate surface area is 279 Å². The minimum absolute atomic E-state index is 0.201. The van der Waals surface area contributed by atoms with Crippen LogP contribution in [-0.4, -0.2) is 0 Å². The Morgan fingerprint density at radius 3 is 1.62 bits per heavy atom. The molecule has 10 rings (SSSR count). The number of rotatable bonds is 3. The summed E-state index contributed by atoms with van der Waals surface area (Å²) in [5.41, 5.74) is 6.85. The average Bonchev–Trinajstić information content (AvgIpc) is 3.58. The van der Waals surface area contributed by atoms with E-state index in [0.29, 0.717) is 5.56 Å². The molecule has 0 bridgehead atoms. The number of furan rings is 1. The Hall–Kier alpha value is -6.18. The van der Waals surface area contributed by atoms with E-state index in [1.54, 1.807) is 0 Å². The minimum Gasteiger partial charge on any atom is -0.455 e. The molecule has 9 aromatic carbocycles. The van der Waals surface area contributed by atoms with Crippen molar-refractivity contribution in [1.29, 1.82) is 0 Å². The van der Waals surface area contributed by atoms with Gasteiger partial charge < -0.3 is 4.42 Å². The summed E-state index contributed by atoms with van der Waals surface area (Å²) in [4.78, 5) is 0. The lowest BCUT2D eigenvalue weighted by atomic mass is 9.83. The average molecular weight is 602 g/mol. The number of benzene rings is 9. The summed E-state index contributed by atoms with van der Waals surface area (Å²) in [5.74, 6) is 0. The number of hydrogen-bond donors (Lipinski definition) is 0. The second-order valence-electron chi connectivity index (χ2n) is 12.0. The topological polar surface area (TPSA) is 13.1 Å². The highest BCUT2D eigenvalue weighted by molar-refractivity contribution is 6.28. The van der Waals surface area contributed by atoms with Crippen LogP contribution in [-0.2, 0) is 0 Å². The Bertz CT molecular complexity index is 3050. The molecule has 0 fully saturated rings. The first-order valence-corrected chi connectivity index (χ1v) is 15.8. The van der Waals surface area contributed by atoms with Gasteiger partial charge in [-0.1, -0.05) is 158 Å². The highest BCUT2D eigenvalue weighted by Crippen LogP contribution is 2.49. The molecule has 0 aliphatic carbocycles. The SMILES string of the molecule is [2H]c1c([2H])c([2H])c(-c2ccc(-c3c4ccccc4c(-c4cccc5oc6c7ccccc7ccc6c45)c4ccccc34)c3ccccc23)c([2H])c1[2H]. The van der Waals surface area contributed by atoms with Crippen LogP contribution in [0.25, 0.3) is 98.4 Å². The van der Waals surface area contributed by atoms with E-state index in [2.05, 4.69) is 109 Å². The first kappa shape index (κ1) is 21.5. The van der Waals surface area contributed by atoms with Crippen molar-refractivity contribution in [2.45, 2.75) is 0 Å². The minimum atomic E-state index is -0.398. The molecular formula is C46H28O. The van der Waals surface area contributed by atoms with Gasteiger partial charge in [0.15, 0.2) is 0 Å². The molecule has 1 nitrogen and oxygen atoms in total. The van der Waals surface area contributed by atoms with E-state index in [1.165, 1.54) is 0 Å². The molecule has 1 aromatic heterocycles. The molecule has 0 spiro atoms. The van der Waals surface area contributed by atoms with E-state index in [-0.39, 0.29) is 29.7 Å². The predicted molar refractivity (Wildman–Crippen MR) is 200 cm³/mol. The molecule has 0 atom stereocenters. The van der Waals surface area contributed by atoms with Crippen molar-refractivity contribution in [3.8, 4) is 33.4 Å². The van der Waals surface area contributed by atoms with E-state index >= 15 is 0 Å². The lowest BCUT2D eigenvalue weighted by Crippen LogP contribution is -1.92. The van der Waals surface area contributed by atoms with Gasteiger partial charge in [-0.2, -0.15) is 0 Å². The fourth-order valence-corrected chi connectivity index (χ4v) is 7.59. The first-order valence-electron chi connectivity index (χ1n) is 18.3. The predicted octanol–water partition coefficient (Wildman–Crippen LogP) is 13.2. The summed E-state index contributed by atoms with van der Waals surface area (Å²) in [5, 5.41) is 10.5. The molecular weight excluding hydrogens is 569 g/mol. The van der Waals surface area contributed by atoms with Crippen molar-refractivity contribution < 1.29 is 11.3 Å². The van der Waals surface area contributed by atoms with Gasteiger partial charge in [-0.25, -0.2) is 0 Å². The van der Waals surface area contributed by atoms with Gasteiger partial charge in [-0.05, 0) is 83.2 Å². The van der Waals surface area contributed by atoms with Crippen LogP contribution >= 0.6 is 0 Å². The maximum absolute atomic E-state index is 8.74. The summed E-state index contributed by atoms with van der Waals surface area (Å²) in [6, 6.07) is 46.5. The first-order chi connectivity index (χ1) is 25.4. The Kier molecular flexibility index (Phi) is 4.66. The quantitative estimate of drug-likeness (QED) is 0.184. The molecule has 0 unspecified atom stereocenters. The van der Waals surface area contributed by atoms with Crippen molar-refractivity contribution in [3.05, 3.63) is 170 Å². The third-order valence-electron chi connectivity index (χ3n) is 9.55. The van der Waals surface area contributed by atoms with Gasteiger partial charge in [0, 0.05) is 16.2 Å². The molecule has 0 saturated heterocycles. The van der Waals surface area contributed by atoms with Crippen LogP contribution in [0.1, 0.15) is 6.85 Å². The van der Waals surface area contributed by atoms with Crippen LogP contribution in [0.3, 0.4) is 0 Å². The molecule has 0 radical (unpaired) electrons. The Morgan fingerprint density at radius 1 is 0.383 bits per heavy atom. The number of hydrogen-bond acceptors (Lipinski definition) is 1. The van der Waals surface area contributed by atoms with E-state index in [0.717, 1.165) is 87.3 Å². The van der Waals surface area contributed by atoms with Gasteiger partial charge in [0.25, 0.3) is 0 Å². The van der Waals surface area contributed by atoms with Crippen molar-refractivity contribution in [2.24, 2.45) is 0 Å². The molecule has 1 heteroatoms. The molecule has 47 heavy (non-hydrogen) atoms. The summed E-state index contributed by atoms with van der Waals surface area (Å²) in [7, 11) is 0. The lowest BCUT2D eigenvalue weighted by Gasteiger charge is -2.20. The van der Waals surface area contributed by atoms with Gasteiger partial charge >= 0.3 is 0 Å². The zero-order valence-electron chi connectivity index (χ0n) is 30.2. The standard InChI is InChI=1S/C46H28O/c1-2-13-29(14-3-1)31-27-28-39(34-18-7-6-17-33(31)34)43-35-19-8-10-21-37(35)44(38-22-11-9-20-36(38)43)40-23-12-24-42-45(40)41-26-25-30-15-4-5-16-32(30)46(41)47-42/h1-28H/i1D,2D,3D,13D,14D. The summed E-state index contributed by atoms with van der Waals surface area (Å²) < 4.78 is 48.9. The van der Waals surface area contributed by atoms with Crippen molar-refractivity contribution in [2.75, 3.05) is 0 Å². The van der Waals surface area contributed by atoms with Crippen molar-refractivity contribution in [3.63, 3.8) is 0 Å². The highest BCUT2D eigenvalue weighted by atomic mass is 16.3. The molecule has 0 amide bonds. The van der Waals surface area contributed by atoms with E-state index in [4.69, 9.17) is 11.3 Å².